The number of halogens is 1. The average molecular weight is 233 g/mol. The molecule has 0 saturated carbocycles. The molecule has 0 saturated heterocycles. The van der Waals surface area contributed by atoms with Crippen LogP contribution >= 0.6 is 11.6 Å². The van der Waals surface area contributed by atoms with Crippen LogP contribution in [-0.4, -0.2) is 0 Å². The number of hydrogen-bond donors (Lipinski definition) is 0. The second kappa shape index (κ2) is 5.04. The molecular weight excluding hydrogens is 220 g/mol. The lowest BCUT2D eigenvalue weighted by atomic mass is 10.2. The molecule has 1 nitrogen and oxygen atoms in total. The predicted molar refractivity (Wildman–Crippen MR) is 67.0 cm³/mol. The van der Waals surface area contributed by atoms with E-state index in [2.05, 4.69) is 0 Å². The monoisotopic (exact) mass is 232 g/mol. The van der Waals surface area contributed by atoms with Gasteiger partial charge < -0.3 is 4.74 Å². The first-order valence-electron chi connectivity index (χ1n) is 5.18. The summed E-state index contributed by atoms with van der Waals surface area (Å²) in [5.41, 5.74) is 2.22. The Morgan fingerprint density at radius 2 is 1.81 bits per heavy atom. The summed E-state index contributed by atoms with van der Waals surface area (Å²) in [5.74, 6) is 0.883. The fourth-order valence-electron chi connectivity index (χ4n) is 1.51. The molecule has 0 radical (unpaired) electrons. The molecule has 0 amide bonds. The van der Waals surface area contributed by atoms with E-state index in [9.17, 15) is 0 Å². The zero-order valence-corrected chi connectivity index (χ0v) is 9.87. The first-order valence-corrected chi connectivity index (χ1v) is 5.56. The van der Waals surface area contributed by atoms with Crippen molar-refractivity contribution >= 4 is 11.6 Å². The van der Waals surface area contributed by atoms with Gasteiger partial charge in [-0.3, -0.25) is 0 Å². The van der Waals surface area contributed by atoms with E-state index in [4.69, 9.17) is 16.3 Å². The molecule has 2 aromatic rings. The lowest BCUT2D eigenvalue weighted by molar-refractivity contribution is 0.304. The molecule has 2 rings (SSSR count). The maximum absolute atomic E-state index is 5.88. The van der Waals surface area contributed by atoms with Crippen molar-refractivity contribution in [1.29, 1.82) is 0 Å². The van der Waals surface area contributed by atoms with Crippen LogP contribution in [0.1, 0.15) is 11.1 Å². The van der Waals surface area contributed by atoms with Crippen LogP contribution < -0.4 is 4.74 Å². The zero-order valence-electron chi connectivity index (χ0n) is 9.11. The van der Waals surface area contributed by atoms with E-state index in [1.807, 2.05) is 55.5 Å². The minimum absolute atomic E-state index is 0.587. The summed E-state index contributed by atoms with van der Waals surface area (Å²) in [5, 5.41) is 0.740. The van der Waals surface area contributed by atoms with E-state index >= 15 is 0 Å². The highest BCUT2D eigenvalue weighted by Gasteiger charge is 2.00. The fraction of sp³-hybridized carbons (Fsp3) is 0.143. The van der Waals surface area contributed by atoms with E-state index in [0.29, 0.717) is 6.61 Å². The molecule has 0 aliphatic rings. The van der Waals surface area contributed by atoms with Gasteiger partial charge in [-0.1, -0.05) is 41.9 Å². The topological polar surface area (TPSA) is 9.23 Å². The average Bonchev–Trinajstić information content (AvgIpc) is 2.29. The van der Waals surface area contributed by atoms with Gasteiger partial charge in [0, 0.05) is 5.02 Å². The molecule has 82 valence electrons. The normalized spacial score (nSPS) is 10.1. The maximum Gasteiger partial charge on any atom is 0.122 e. The van der Waals surface area contributed by atoms with Crippen LogP contribution in [0.25, 0.3) is 0 Å². The van der Waals surface area contributed by atoms with Crippen LogP contribution in [0.2, 0.25) is 5.02 Å². The van der Waals surface area contributed by atoms with Crippen LogP contribution in [-0.2, 0) is 6.61 Å². The third kappa shape index (κ3) is 2.77. The molecule has 0 aromatic heterocycles. The summed E-state index contributed by atoms with van der Waals surface area (Å²) >= 11 is 5.88. The summed E-state index contributed by atoms with van der Waals surface area (Å²) in [7, 11) is 0. The zero-order chi connectivity index (χ0) is 11.4. The minimum Gasteiger partial charge on any atom is -0.489 e. The summed E-state index contributed by atoms with van der Waals surface area (Å²) < 4.78 is 5.72. The Labute approximate surface area is 101 Å². The number of hydrogen-bond acceptors (Lipinski definition) is 1. The molecule has 0 N–H and O–H groups in total. The van der Waals surface area contributed by atoms with Gasteiger partial charge in [0.15, 0.2) is 0 Å². The van der Waals surface area contributed by atoms with Gasteiger partial charge in [-0.2, -0.15) is 0 Å². The van der Waals surface area contributed by atoms with Crippen molar-refractivity contribution in [1.82, 2.24) is 0 Å². The van der Waals surface area contributed by atoms with Gasteiger partial charge in [-0.05, 0) is 36.2 Å². The number of aryl methyl sites for hydroxylation is 1. The Morgan fingerprint density at radius 3 is 2.50 bits per heavy atom. The molecule has 0 heterocycles. The van der Waals surface area contributed by atoms with Crippen LogP contribution in [0.3, 0.4) is 0 Å². The van der Waals surface area contributed by atoms with Gasteiger partial charge in [-0.15, -0.1) is 0 Å². The van der Waals surface area contributed by atoms with E-state index in [0.717, 1.165) is 21.9 Å². The molecule has 0 aliphatic heterocycles. The minimum atomic E-state index is 0.587. The van der Waals surface area contributed by atoms with E-state index in [1.165, 1.54) is 0 Å². The Hall–Kier alpha value is -1.47. The largest absolute Gasteiger partial charge is 0.489 e. The smallest absolute Gasteiger partial charge is 0.122 e. The Bertz CT molecular complexity index is 465. The van der Waals surface area contributed by atoms with Crippen molar-refractivity contribution in [3.8, 4) is 5.75 Å². The highest BCUT2D eigenvalue weighted by molar-refractivity contribution is 6.30. The lowest BCUT2D eigenvalue weighted by Crippen LogP contribution is -1.96. The molecule has 16 heavy (non-hydrogen) atoms. The van der Waals surface area contributed by atoms with E-state index in [-0.39, 0.29) is 0 Å². The summed E-state index contributed by atoms with van der Waals surface area (Å²) in [4.78, 5) is 0. The third-order valence-electron chi connectivity index (χ3n) is 2.37. The SMILES string of the molecule is Cc1cc(Cl)ccc1OCc1ccccc1. The standard InChI is InChI=1S/C14H13ClO/c1-11-9-13(15)7-8-14(11)16-10-12-5-3-2-4-6-12/h2-9H,10H2,1H3. The van der Waals surface area contributed by atoms with Gasteiger partial charge in [0.05, 0.1) is 0 Å². The van der Waals surface area contributed by atoms with Gasteiger partial charge in [0.1, 0.15) is 12.4 Å². The van der Waals surface area contributed by atoms with Crippen molar-refractivity contribution in [2.45, 2.75) is 13.5 Å². The second-order valence-corrected chi connectivity index (χ2v) is 4.12. The van der Waals surface area contributed by atoms with Gasteiger partial charge in [0.25, 0.3) is 0 Å². The Kier molecular flexibility index (Phi) is 3.47. The van der Waals surface area contributed by atoms with Crippen LogP contribution in [0.4, 0.5) is 0 Å². The van der Waals surface area contributed by atoms with Crippen molar-refractivity contribution in [2.75, 3.05) is 0 Å². The summed E-state index contributed by atoms with van der Waals surface area (Å²) in [6.07, 6.45) is 0. The third-order valence-corrected chi connectivity index (χ3v) is 2.61. The van der Waals surface area contributed by atoms with Crippen molar-refractivity contribution in [3.05, 3.63) is 64.7 Å². The number of rotatable bonds is 3. The summed E-state index contributed by atoms with van der Waals surface area (Å²) in [6.45, 7) is 2.58. The Morgan fingerprint density at radius 1 is 1.06 bits per heavy atom. The first kappa shape index (κ1) is 11.0. The molecule has 0 unspecified atom stereocenters. The highest BCUT2D eigenvalue weighted by Crippen LogP contribution is 2.22. The van der Waals surface area contributed by atoms with Crippen LogP contribution in [0.15, 0.2) is 48.5 Å². The van der Waals surface area contributed by atoms with Crippen molar-refractivity contribution in [3.63, 3.8) is 0 Å². The summed E-state index contributed by atoms with van der Waals surface area (Å²) in [6, 6.07) is 15.8. The molecule has 0 fully saturated rings. The molecule has 2 aromatic carbocycles. The molecular formula is C14H13ClO. The van der Waals surface area contributed by atoms with E-state index in [1.54, 1.807) is 0 Å². The fourth-order valence-corrected chi connectivity index (χ4v) is 1.74. The highest BCUT2D eigenvalue weighted by atomic mass is 35.5. The maximum atomic E-state index is 5.88. The van der Waals surface area contributed by atoms with E-state index < -0.39 is 0 Å². The predicted octanol–water partition coefficient (Wildman–Crippen LogP) is 4.23. The quantitative estimate of drug-likeness (QED) is 0.770. The molecule has 0 aliphatic carbocycles. The molecule has 0 atom stereocenters. The van der Waals surface area contributed by atoms with Crippen LogP contribution in [0.5, 0.6) is 5.75 Å². The van der Waals surface area contributed by atoms with Crippen molar-refractivity contribution < 1.29 is 4.74 Å². The second-order valence-electron chi connectivity index (χ2n) is 3.68. The van der Waals surface area contributed by atoms with Gasteiger partial charge in [0.2, 0.25) is 0 Å². The first-order chi connectivity index (χ1) is 7.75. The molecule has 2 heteroatoms. The van der Waals surface area contributed by atoms with Crippen LogP contribution in [0, 0.1) is 6.92 Å². The Balaban J connectivity index is 2.05. The molecule has 0 spiro atoms. The van der Waals surface area contributed by atoms with Gasteiger partial charge >= 0.3 is 0 Å². The van der Waals surface area contributed by atoms with Crippen molar-refractivity contribution in [2.24, 2.45) is 0 Å². The number of ether oxygens (including phenoxy) is 1. The lowest BCUT2D eigenvalue weighted by Gasteiger charge is -2.09. The molecule has 0 bridgehead atoms. The van der Waals surface area contributed by atoms with Gasteiger partial charge in [-0.25, -0.2) is 0 Å². The number of benzene rings is 2.